The zero-order valence-electron chi connectivity index (χ0n) is 24.0. The molecule has 12 nitrogen and oxygen atoms in total. The number of ether oxygens (including phenoxy) is 2. The van der Waals surface area contributed by atoms with Crippen LogP contribution in [-0.2, 0) is 18.8 Å². The van der Waals surface area contributed by atoms with Gasteiger partial charge in [-0.25, -0.2) is 0 Å². The number of carbonyl (C=O) groups excluding carboxylic acids is 3. The number of hydrogen-bond acceptors (Lipinski definition) is 9. The molecule has 0 aliphatic carbocycles. The van der Waals surface area contributed by atoms with Crippen LogP contribution in [0.25, 0.3) is 11.4 Å². The maximum atomic E-state index is 13.6. The van der Waals surface area contributed by atoms with Crippen molar-refractivity contribution in [1.29, 1.82) is 0 Å². The molecule has 224 valence electrons. The molecule has 2 atom stereocenters. The molecule has 42 heavy (non-hydrogen) atoms. The van der Waals surface area contributed by atoms with E-state index in [0.29, 0.717) is 37.9 Å². The van der Waals surface area contributed by atoms with Crippen LogP contribution in [0.5, 0.6) is 0 Å². The first-order valence-electron chi connectivity index (χ1n) is 14.2. The van der Waals surface area contributed by atoms with Crippen molar-refractivity contribution in [2.45, 2.75) is 44.8 Å². The molecule has 2 aliphatic heterocycles. The van der Waals surface area contributed by atoms with Gasteiger partial charge in [0.15, 0.2) is 0 Å². The fourth-order valence-corrected chi connectivity index (χ4v) is 5.10. The minimum absolute atomic E-state index is 0.0555. The molecule has 1 aromatic heterocycles. The van der Waals surface area contributed by atoms with E-state index in [0.717, 1.165) is 31.4 Å². The van der Waals surface area contributed by atoms with Gasteiger partial charge in [-0.2, -0.15) is 0 Å². The van der Waals surface area contributed by atoms with Crippen LogP contribution >= 0.6 is 7.92 Å². The van der Waals surface area contributed by atoms with Gasteiger partial charge in [-0.05, 0) is 0 Å². The first-order valence-corrected chi connectivity index (χ1v) is 15.0. The van der Waals surface area contributed by atoms with E-state index in [4.69, 9.17) is 14.5 Å². The second-order valence-corrected chi connectivity index (χ2v) is 10.7. The summed E-state index contributed by atoms with van der Waals surface area (Å²) in [7, 11) is 1.31. The van der Waals surface area contributed by atoms with E-state index in [1.165, 1.54) is 0 Å². The number of nitrogens with zero attached hydrogens (tertiary/aromatic N) is 5. The SMILES string of the molecule is CCCCOC(=O)N1CCN(C(=O)[C@H](CC#P=O)NC(=O)c2cc(N3CC[C@H](OC)C3)nc(-c3ccccc3)n2)CC1. The average Bonchev–Trinajstić information content (AvgIpc) is 3.52. The topological polar surface area (TPSA) is 134 Å². The zero-order valence-corrected chi connectivity index (χ0v) is 24.9. The number of methoxy groups -OCH3 is 1. The average molecular weight is 597 g/mol. The molecule has 2 saturated heterocycles. The molecular formula is C29H37N6O6P. The van der Waals surface area contributed by atoms with Gasteiger partial charge in [-0.1, -0.05) is 13.3 Å². The Hall–Kier alpha value is -3.72. The molecule has 0 bridgehead atoms. The van der Waals surface area contributed by atoms with E-state index in [1.807, 2.05) is 42.2 Å². The molecule has 1 N–H and O–H groups in total. The molecule has 4 rings (SSSR count). The Bertz CT molecular complexity index is 1350. The van der Waals surface area contributed by atoms with E-state index in [1.54, 1.807) is 23.0 Å². The minimum atomic E-state index is -1.01. The molecule has 1 aromatic carbocycles. The van der Waals surface area contributed by atoms with Gasteiger partial charge in [0.2, 0.25) is 0 Å². The number of anilines is 1. The fraction of sp³-hybridized carbons (Fsp3) is 0.517. The Morgan fingerprint density at radius 3 is 2.50 bits per heavy atom. The summed E-state index contributed by atoms with van der Waals surface area (Å²) in [5.41, 5.74) is 3.46. The van der Waals surface area contributed by atoms with Gasteiger partial charge in [0.05, 0.1) is 0 Å². The van der Waals surface area contributed by atoms with Crippen LogP contribution in [0.15, 0.2) is 36.4 Å². The third-order valence-corrected chi connectivity index (χ3v) is 7.63. The normalized spacial score (nSPS) is 17.4. The summed E-state index contributed by atoms with van der Waals surface area (Å²) >= 11 is 0. The van der Waals surface area contributed by atoms with Crippen LogP contribution in [-0.4, -0.2) is 103 Å². The van der Waals surface area contributed by atoms with Gasteiger partial charge in [-0.15, -0.1) is 0 Å². The predicted octanol–water partition coefficient (Wildman–Crippen LogP) is 3.19. The number of benzene rings is 1. The van der Waals surface area contributed by atoms with Gasteiger partial charge in [-0.3, -0.25) is 0 Å². The standard InChI is InChI=1S/C29H37N6O6P/c1-3-4-17-41-29(38)34-15-13-33(14-16-34)28(37)23(11-18-42-39)31-27(36)24-19-25(35-12-10-22(20-35)40-2)32-26(30-24)21-8-6-5-7-9-21/h5-9,19,22-23H,3-4,10-17,20H2,1-2H3,(H,31,36)/t22-,23-/m0/s1. The van der Waals surface area contributed by atoms with Crippen molar-refractivity contribution in [3.8, 4) is 17.0 Å². The van der Waals surface area contributed by atoms with Gasteiger partial charge in [0, 0.05) is 7.11 Å². The first kappa shape index (κ1) is 31.2. The van der Waals surface area contributed by atoms with Crippen molar-refractivity contribution in [3.05, 3.63) is 42.1 Å². The Balaban J connectivity index is 1.49. The number of carbonyl (C=O) groups is 3. The summed E-state index contributed by atoms with van der Waals surface area (Å²) in [5.74, 6) is 0.0763. The molecule has 3 heterocycles. The molecule has 2 fully saturated rings. The Kier molecular flexibility index (Phi) is 11.5. The van der Waals surface area contributed by atoms with E-state index in [-0.39, 0.29) is 45.1 Å². The van der Waals surface area contributed by atoms with Crippen LogP contribution in [0.1, 0.15) is 43.1 Å². The van der Waals surface area contributed by atoms with E-state index >= 15 is 0 Å². The van der Waals surface area contributed by atoms with Crippen molar-refractivity contribution in [2.75, 3.05) is 57.9 Å². The Morgan fingerprint density at radius 2 is 1.83 bits per heavy atom. The summed E-state index contributed by atoms with van der Waals surface area (Å²) in [6.45, 7) is 4.95. The molecule has 0 saturated carbocycles. The van der Waals surface area contributed by atoms with E-state index < -0.39 is 18.0 Å². The third-order valence-electron chi connectivity index (χ3n) is 7.32. The van der Waals surface area contributed by atoms with Crippen LogP contribution in [0.2, 0.25) is 0 Å². The third kappa shape index (κ3) is 8.18. The number of aromatic nitrogens is 2. The molecule has 2 aromatic rings. The van der Waals surface area contributed by atoms with Gasteiger partial charge >= 0.3 is 226 Å². The number of amides is 3. The summed E-state index contributed by atoms with van der Waals surface area (Å²) in [6.07, 6.45) is 2.18. The van der Waals surface area contributed by atoms with Gasteiger partial charge in [0.1, 0.15) is 0 Å². The molecular weight excluding hydrogens is 559 g/mol. The molecule has 3 amide bonds. The molecule has 2 aliphatic rings. The monoisotopic (exact) mass is 596 g/mol. The number of hydrogen-bond donors (Lipinski definition) is 1. The van der Waals surface area contributed by atoms with Crippen LogP contribution in [0.4, 0.5) is 10.6 Å². The first-order chi connectivity index (χ1) is 20.4. The second kappa shape index (κ2) is 15.5. The van der Waals surface area contributed by atoms with Crippen LogP contribution in [0, 0.1) is 5.63 Å². The van der Waals surface area contributed by atoms with E-state index in [9.17, 15) is 18.9 Å². The summed E-state index contributed by atoms with van der Waals surface area (Å²) in [5, 5.41) is 2.78. The fourth-order valence-electron chi connectivity index (χ4n) is 4.84. The Labute approximate surface area is 246 Å². The quantitative estimate of drug-likeness (QED) is 0.324. The predicted molar refractivity (Wildman–Crippen MR) is 157 cm³/mol. The summed E-state index contributed by atoms with van der Waals surface area (Å²) < 4.78 is 22.0. The number of rotatable bonds is 10. The summed E-state index contributed by atoms with van der Waals surface area (Å²) in [4.78, 5) is 53.8. The van der Waals surface area contributed by atoms with Crippen molar-refractivity contribution >= 4 is 31.6 Å². The zero-order chi connectivity index (χ0) is 29.9. The maximum absolute atomic E-state index is 13.6. The second-order valence-electron chi connectivity index (χ2n) is 10.2. The number of piperazine rings is 1. The van der Waals surface area contributed by atoms with Crippen molar-refractivity contribution in [2.24, 2.45) is 0 Å². The molecule has 0 radical (unpaired) electrons. The molecule has 0 spiro atoms. The van der Waals surface area contributed by atoms with Gasteiger partial charge in [0.25, 0.3) is 0 Å². The van der Waals surface area contributed by atoms with Crippen molar-refractivity contribution in [1.82, 2.24) is 25.1 Å². The van der Waals surface area contributed by atoms with E-state index in [2.05, 4.69) is 15.9 Å². The Morgan fingerprint density at radius 1 is 1.10 bits per heavy atom. The molecule has 13 heteroatoms. The number of nitrogens with one attached hydrogen (secondary N) is 1. The van der Waals surface area contributed by atoms with Gasteiger partial charge < -0.3 is 0 Å². The summed E-state index contributed by atoms with van der Waals surface area (Å²) in [6, 6.07) is 9.97. The number of unbranched alkanes of at least 4 members (excludes halogenated alkanes) is 1. The van der Waals surface area contributed by atoms with Crippen molar-refractivity contribution < 1.29 is 28.4 Å². The van der Waals surface area contributed by atoms with Crippen LogP contribution in [0.3, 0.4) is 0 Å². The van der Waals surface area contributed by atoms with Crippen LogP contribution < -0.4 is 10.2 Å². The van der Waals surface area contributed by atoms with Crippen molar-refractivity contribution in [3.63, 3.8) is 0 Å². The molecule has 0 unspecified atom stereocenters.